The molecule has 114 valence electrons. The molecule has 0 saturated heterocycles. The molecule has 1 heterocycles. The summed E-state index contributed by atoms with van der Waals surface area (Å²) in [6.07, 6.45) is 0.608. The normalized spacial score (nSPS) is 11.6. The van der Waals surface area contributed by atoms with E-state index >= 15 is 0 Å². The quantitative estimate of drug-likeness (QED) is 0.886. The number of hydrogen-bond acceptors (Lipinski definition) is 5. The van der Waals surface area contributed by atoms with Crippen molar-refractivity contribution in [3.8, 4) is 5.75 Å². The van der Waals surface area contributed by atoms with Crippen LogP contribution in [0.25, 0.3) is 0 Å². The van der Waals surface area contributed by atoms with Gasteiger partial charge in [-0.05, 0) is 45.4 Å². The van der Waals surface area contributed by atoms with Gasteiger partial charge in [0.15, 0.2) is 0 Å². The average molecular weight is 289 g/mol. The first-order valence-corrected chi connectivity index (χ1v) is 7.18. The van der Waals surface area contributed by atoms with E-state index in [1.54, 1.807) is 0 Å². The van der Waals surface area contributed by atoms with Gasteiger partial charge in [0.1, 0.15) is 5.75 Å². The third-order valence-corrected chi connectivity index (χ3v) is 2.85. The van der Waals surface area contributed by atoms with Crippen molar-refractivity contribution in [1.29, 1.82) is 0 Å². The molecule has 0 saturated carbocycles. The lowest BCUT2D eigenvalue weighted by molar-refractivity contribution is 0.300. The first kappa shape index (κ1) is 15.5. The van der Waals surface area contributed by atoms with Crippen molar-refractivity contribution in [3.05, 3.63) is 41.6 Å². The minimum Gasteiger partial charge on any atom is -0.493 e. The second-order valence-corrected chi connectivity index (χ2v) is 6.11. The molecule has 5 heteroatoms. The van der Waals surface area contributed by atoms with Gasteiger partial charge in [-0.2, -0.15) is 0 Å². The standard InChI is InChI=1S/C16H23N3O2/c1-12-6-5-7-13(10-12)20-9-8-14-18-19-15(21-14)11-17-16(2,3)4/h5-7,10,17H,8-9,11H2,1-4H3. The maximum Gasteiger partial charge on any atom is 0.230 e. The fourth-order valence-corrected chi connectivity index (χ4v) is 1.76. The number of nitrogens with one attached hydrogen (secondary N) is 1. The van der Waals surface area contributed by atoms with Crippen LogP contribution in [0.1, 0.15) is 38.1 Å². The van der Waals surface area contributed by atoms with Gasteiger partial charge in [0.25, 0.3) is 0 Å². The molecule has 1 aromatic heterocycles. The van der Waals surface area contributed by atoms with Crippen molar-refractivity contribution in [2.45, 2.75) is 46.2 Å². The van der Waals surface area contributed by atoms with E-state index in [2.05, 4.69) is 36.3 Å². The Kier molecular flexibility index (Phi) is 4.96. The van der Waals surface area contributed by atoms with Crippen molar-refractivity contribution in [2.75, 3.05) is 6.61 Å². The fraction of sp³-hybridized carbons (Fsp3) is 0.500. The summed E-state index contributed by atoms with van der Waals surface area (Å²) >= 11 is 0. The van der Waals surface area contributed by atoms with Crippen molar-refractivity contribution < 1.29 is 9.15 Å². The molecule has 21 heavy (non-hydrogen) atoms. The molecule has 2 rings (SSSR count). The molecule has 0 atom stereocenters. The van der Waals surface area contributed by atoms with Crippen LogP contribution in [0.15, 0.2) is 28.7 Å². The Morgan fingerprint density at radius 1 is 1.19 bits per heavy atom. The minimum atomic E-state index is 0.0307. The zero-order valence-corrected chi connectivity index (χ0v) is 13.1. The van der Waals surface area contributed by atoms with Crippen LogP contribution in [-0.2, 0) is 13.0 Å². The van der Waals surface area contributed by atoms with E-state index in [1.807, 2.05) is 31.2 Å². The van der Waals surface area contributed by atoms with Crippen LogP contribution in [0.2, 0.25) is 0 Å². The number of aryl methyl sites for hydroxylation is 1. The van der Waals surface area contributed by atoms with Crippen LogP contribution < -0.4 is 10.1 Å². The van der Waals surface area contributed by atoms with Gasteiger partial charge in [-0.1, -0.05) is 12.1 Å². The van der Waals surface area contributed by atoms with Crippen molar-refractivity contribution in [1.82, 2.24) is 15.5 Å². The summed E-state index contributed by atoms with van der Waals surface area (Å²) in [5.41, 5.74) is 1.21. The van der Waals surface area contributed by atoms with Gasteiger partial charge in [-0.3, -0.25) is 0 Å². The van der Waals surface area contributed by atoms with Crippen molar-refractivity contribution >= 4 is 0 Å². The van der Waals surface area contributed by atoms with Gasteiger partial charge < -0.3 is 14.5 Å². The molecule has 1 N–H and O–H groups in total. The predicted molar refractivity (Wildman–Crippen MR) is 81.3 cm³/mol. The third-order valence-electron chi connectivity index (χ3n) is 2.85. The summed E-state index contributed by atoms with van der Waals surface area (Å²) in [7, 11) is 0. The topological polar surface area (TPSA) is 60.2 Å². The number of ether oxygens (including phenoxy) is 1. The van der Waals surface area contributed by atoms with Gasteiger partial charge in [0, 0.05) is 5.54 Å². The molecular weight excluding hydrogens is 266 g/mol. The Bertz CT molecular complexity index is 573. The Morgan fingerprint density at radius 2 is 1.95 bits per heavy atom. The zero-order chi connectivity index (χ0) is 15.3. The lowest BCUT2D eigenvalue weighted by Gasteiger charge is -2.18. The summed E-state index contributed by atoms with van der Waals surface area (Å²) < 4.78 is 11.2. The van der Waals surface area contributed by atoms with Gasteiger partial charge in [-0.15, -0.1) is 10.2 Å². The molecule has 5 nitrogen and oxygen atoms in total. The highest BCUT2D eigenvalue weighted by atomic mass is 16.5. The summed E-state index contributed by atoms with van der Waals surface area (Å²) in [6, 6.07) is 7.97. The van der Waals surface area contributed by atoms with Gasteiger partial charge in [-0.25, -0.2) is 0 Å². The largest absolute Gasteiger partial charge is 0.493 e. The van der Waals surface area contributed by atoms with E-state index in [-0.39, 0.29) is 5.54 Å². The summed E-state index contributed by atoms with van der Waals surface area (Å²) in [6.45, 7) is 9.44. The van der Waals surface area contributed by atoms with Crippen LogP contribution in [0.3, 0.4) is 0 Å². The lowest BCUT2D eigenvalue weighted by Crippen LogP contribution is -2.35. The molecular formula is C16H23N3O2. The van der Waals surface area contributed by atoms with Crippen LogP contribution in [0.4, 0.5) is 0 Å². The zero-order valence-electron chi connectivity index (χ0n) is 13.1. The smallest absolute Gasteiger partial charge is 0.230 e. The van der Waals surface area contributed by atoms with Gasteiger partial charge in [0.05, 0.1) is 19.6 Å². The molecule has 0 radical (unpaired) electrons. The van der Waals surface area contributed by atoms with Crippen LogP contribution in [0, 0.1) is 6.92 Å². The lowest BCUT2D eigenvalue weighted by atomic mass is 10.1. The highest BCUT2D eigenvalue weighted by molar-refractivity contribution is 5.27. The molecule has 2 aromatic rings. The molecule has 0 fully saturated rings. The van der Waals surface area contributed by atoms with E-state index < -0.39 is 0 Å². The maximum absolute atomic E-state index is 5.67. The van der Waals surface area contributed by atoms with E-state index in [9.17, 15) is 0 Å². The SMILES string of the molecule is Cc1cccc(OCCc2nnc(CNC(C)(C)C)o2)c1. The highest BCUT2D eigenvalue weighted by Gasteiger charge is 2.12. The molecule has 0 aliphatic rings. The van der Waals surface area contributed by atoms with E-state index in [0.717, 1.165) is 5.75 Å². The summed E-state index contributed by atoms with van der Waals surface area (Å²) in [4.78, 5) is 0. The van der Waals surface area contributed by atoms with E-state index in [0.29, 0.717) is 31.4 Å². The number of rotatable bonds is 6. The van der Waals surface area contributed by atoms with Crippen molar-refractivity contribution in [2.24, 2.45) is 0 Å². The van der Waals surface area contributed by atoms with E-state index in [4.69, 9.17) is 9.15 Å². The Hall–Kier alpha value is -1.88. The number of hydrogen-bond donors (Lipinski definition) is 1. The Labute approximate surface area is 125 Å². The average Bonchev–Trinajstić information content (AvgIpc) is 2.84. The van der Waals surface area contributed by atoms with Crippen LogP contribution in [-0.4, -0.2) is 22.3 Å². The second-order valence-electron chi connectivity index (χ2n) is 6.11. The predicted octanol–water partition coefficient (Wildman–Crippen LogP) is 2.89. The van der Waals surface area contributed by atoms with Gasteiger partial charge in [0.2, 0.25) is 11.8 Å². The Balaban J connectivity index is 1.78. The summed E-state index contributed by atoms with van der Waals surface area (Å²) in [5.74, 6) is 2.08. The number of nitrogens with zero attached hydrogens (tertiary/aromatic N) is 2. The third kappa shape index (κ3) is 5.55. The summed E-state index contributed by atoms with van der Waals surface area (Å²) in [5, 5.41) is 11.4. The molecule has 0 spiro atoms. The van der Waals surface area contributed by atoms with Crippen molar-refractivity contribution in [3.63, 3.8) is 0 Å². The van der Waals surface area contributed by atoms with E-state index in [1.165, 1.54) is 5.56 Å². The van der Waals surface area contributed by atoms with Gasteiger partial charge >= 0.3 is 0 Å². The molecule has 0 unspecified atom stereocenters. The highest BCUT2D eigenvalue weighted by Crippen LogP contribution is 2.13. The fourth-order valence-electron chi connectivity index (χ4n) is 1.76. The molecule has 0 bridgehead atoms. The first-order chi connectivity index (χ1) is 9.92. The molecule has 0 aliphatic heterocycles. The monoisotopic (exact) mass is 289 g/mol. The maximum atomic E-state index is 5.67. The molecule has 0 amide bonds. The van der Waals surface area contributed by atoms with Crippen LogP contribution >= 0.6 is 0 Å². The second kappa shape index (κ2) is 6.72. The number of benzene rings is 1. The Morgan fingerprint density at radius 3 is 2.67 bits per heavy atom. The van der Waals surface area contributed by atoms with Crippen LogP contribution in [0.5, 0.6) is 5.75 Å². The first-order valence-electron chi connectivity index (χ1n) is 7.18. The minimum absolute atomic E-state index is 0.0307. The number of aromatic nitrogens is 2. The molecule has 0 aliphatic carbocycles. The molecule has 1 aromatic carbocycles.